The molecule has 2 heterocycles. The predicted molar refractivity (Wildman–Crippen MR) is 92.5 cm³/mol. The summed E-state index contributed by atoms with van der Waals surface area (Å²) in [5.41, 5.74) is 1.40. The van der Waals surface area contributed by atoms with Crippen LogP contribution in [0.5, 0.6) is 0 Å². The number of aromatic amines is 1. The average molecular weight is 330 g/mol. The fourth-order valence-electron chi connectivity index (χ4n) is 2.17. The Hall–Kier alpha value is -2.48. The fourth-order valence-corrected chi connectivity index (χ4v) is 3.23. The molecule has 0 radical (unpaired) electrons. The van der Waals surface area contributed by atoms with Crippen molar-refractivity contribution in [2.45, 2.75) is 24.0 Å². The Balaban J connectivity index is 2.06. The second kappa shape index (κ2) is 6.33. The lowest BCUT2D eigenvalue weighted by molar-refractivity contribution is 0.677. The van der Waals surface area contributed by atoms with Crippen LogP contribution in [-0.2, 0) is 10.8 Å². The number of anilines is 3. The van der Waals surface area contributed by atoms with E-state index in [2.05, 4.69) is 30.8 Å². The third-order valence-electron chi connectivity index (χ3n) is 3.32. The van der Waals surface area contributed by atoms with Crippen molar-refractivity contribution >= 4 is 39.3 Å². The molecule has 120 valence electrons. The highest BCUT2D eigenvalue weighted by molar-refractivity contribution is 7.85. The minimum Gasteiger partial charge on any atom is -0.357 e. The van der Waals surface area contributed by atoms with Gasteiger partial charge >= 0.3 is 0 Å². The van der Waals surface area contributed by atoms with Crippen LogP contribution in [0.1, 0.15) is 13.8 Å². The molecule has 7 nitrogen and oxygen atoms in total. The molecule has 0 saturated heterocycles. The summed E-state index contributed by atoms with van der Waals surface area (Å²) in [5.74, 6) is 1.09. The molecule has 0 fully saturated rings. The minimum absolute atomic E-state index is 0.0326. The van der Waals surface area contributed by atoms with Gasteiger partial charge in [0, 0.05) is 12.3 Å². The first-order valence-corrected chi connectivity index (χ1v) is 8.47. The van der Waals surface area contributed by atoms with Crippen LogP contribution >= 0.6 is 0 Å². The van der Waals surface area contributed by atoms with Gasteiger partial charge in [0.05, 0.1) is 33.0 Å². The lowest BCUT2D eigenvalue weighted by Gasteiger charge is -2.13. The first-order chi connectivity index (χ1) is 11.1. The fraction of sp³-hybridized carbons (Fsp3) is 0.267. The summed E-state index contributed by atoms with van der Waals surface area (Å²) in [4.78, 5) is 9.49. The van der Waals surface area contributed by atoms with Gasteiger partial charge in [-0.25, -0.2) is 0 Å². The van der Waals surface area contributed by atoms with E-state index < -0.39 is 10.8 Å². The van der Waals surface area contributed by atoms with Gasteiger partial charge in [0.2, 0.25) is 5.95 Å². The summed E-state index contributed by atoms with van der Waals surface area (Å²) >= 11 is 0. The molecule has 2 aromatic heterocycles. The number of nitrogens with zero attached hydrogens (tertiary/aromatic N) is 3. The zero-order chi connectivity index (χ0) is 16.4. The van der Waals surface area contributed by atoms with E-state index in [0.717, 1.165) is 16.0 Å². The second-order valence-electron chi connectivity index (χ2n) is 5.25. The van der Waals surface area contributed by atoms with Crippen molar-refractivity contribution in [2.75, 3.05) is 17.7 Å². The largest absolute Gasteiger partial charge is 0.357 e. The molecule has 0 spiro atoms. The number of nitrogens with one attached hydrogen (secondary N) is 3. The molecule has 8 heteroatoms. The average Bonchev–Trinajstić information content (AvgIpc) is 3.03. The highest BCUT2D eigenvalue weighted by Crippen LogP contribution is 2.28. The Bertz CT molecular complexity index is 860. The molecule has 1 atom stereocenters. The van der Waals surface area contributed by atoms with Gasteiger partial charge in [0.15, 0.2) is 5.65 Å². The van der Waals surface area contributed by atoms with Gasteiger partial charge in [-0.05, 0) is 12.1 Å². The molecular weight excluding hydrogens is 312 g/mol. The lowest BCUT2D eigenvalue weighted by atomic mass is 10.3. The van der Waals surface area contributed by atoms with E-state index in [1.807, 2.05) is 38.1 Å². The molecule has 0 aliphatic heterocycles. The number of rotatable bonds is 5. The molecule has 23 heavy (non-hydrogen) atoms. The first kappa shape index (κ1) is 15.4. The molecule has 0 bridgehead atoms. The monoisotopic (exact) mass is 330 g/mol. The molecule has 3 N–H and O–H groups in total. The topological polar surface area (TPSA) is 95.6 Å². The Morgan fingerprint density at radius 2 is 2.00 bits per heavy atom. The zero-order valence-electron chi connectivity index (χ0n) is 13.1. The predicted octanol–water partition coefficient (Wildman–Crippen LogP) is 2.65. The van der Waals surface area contributed by atoms with E-state index in [1.165, 1.54) is 0 Å². The first-order valence-electron chi connectivity index (χ1n) is 7.25. The molecular formula is C15H18N6OS. The number of H-pyrrole nitrogens is 1. The van der Waals surface area contributed by atoms with Gasteiger partial charge in [0.1, 0.15) is 5.82 Å². The summed E-state index contributed by atoms with van der Waals surface area (Å²) in [5, 5.41) is 13.8. The standard InChI is InChI=1S/C15H18N6OS/c1-9(2)23(22)12-7-5-4-6-11(12)18-13-10-8-17-21-14(10)20-15(16-3)19-13/h4-9H,1-3H3,(H3,16,17,18,19,20,21). The maximum atomic E-state index is 12.5. The number of benzene rings is 1. The van der Waals surface area contributed by atoms with E-state index in [1.54, 1.807) is 13.2 Å². The van der Waals surface area contributed by atoms with Crippen LogP contribution in [0.4, 0.5) is 17.5 Å². The van der Waals surface area contributed by atoms with Crippen molar-refractivity contribution in [3.05, 3.63) is 30.5 Å². The lowest BCUT2D eigenvalue weighted by Crippen LogP contribution is -2.09. The molecule has 3 aromatic rings. The Morgan fingerprint density at radius 1 is 1.22 bits per heavy atom. The molecule has 0 aliphatic carbocycles. The van der Waals surface area contributed by atoms with Crippen molar-refractivity contribution in [1.82, 2.24) is 20.2 Å². The Morgan fingerprint density at radius 3 is 2.74 bits per heavy atom. The highest BCUT2D eigenvalue weighted by atomic mass is 32.2. The van der Waals surface area contributed by atoms with E-state index in [4.69, 9.17) is 0 Å². The smallest absolute Gasteiger partial charge is 0.226 e. The number of hydrogen-bond acceptors (Lipinski definition) is 6. The summed E-state index contributed by atoms with van der Waals surface area (Å²) in [6, 6.07) is 7.54. The maximum Gasteiger partial charge on any atom is 0.226 e. The Kier molecular flexibility index (Phi) is 4.24. The van der Waals surface area contributed by atoms with Gasteiger partial charge in [-0.2, -0.15) is 15.1 Å². The normalized spacial score (nSPS) is 12.5. The van der Waals surface area contributed by atoms with E-state index in [-0.39, 0.29) is 5.25 Å². The van der Waals surface area contributed by atoms with E-state index in [0.29, 0.717) is 17.4 Å². The zero-order valence-corrected chi connectivity index (χ0v) is 13.9. The van der Waals surface area contributed by atoms with Crippen molar-refractivity contribution in [1.29, 1.82) is 0 Å². The van der Waals surface area contributed by atoms with Crippen molar-refractivity contribution in [3.8, 4) is 0 Å². The van der Waals surface area contributed by atoms with Gasteiger partial charge in [-0.15, -0.1) is 0 Å². The molecule has 1 aromatic carbocycles. The molecule has 0 amide bonds. The Labute approximate surface area is 136 Å². The van der Waals surface area contributed by atoms with Crippen molar-refractivity contribution in [3.63, 3.8) is 0 Å². The van der Waals surface area contributed by atoms with E-state index >= 15 is 0 Å². The SMILES string of the molecule is CNc1nc(Nc2ccccc2S(=O)C(C)C)c2cn[nH]c2n1. The number of para-hydroxylation sites is 1. The van der Waals surface area contributed by atoms with Gasteiger partial charge < -0.3 is 10.6 Å². The summed E-state index contributed by atoms with van der Waals surface area (Å²) < 4.78 is 12.5. The molecule has 3 rings (SSSR count). The molecule has 0 aliphatic rings. The van der Waals surface area contributed by atoms with Crippen LogP contribution in [0.25, 0.3) is 11.0 Å². The third kappa shape index (κ3) is 3.02. The maximum absolute atomic E-state index is 12.5. The summed E-state index contributed by atoms with van der Waals surface area (Å²) in [7, 11) is 0.657. The second-order valence-corrected chi connectivity index (χ2v) is 7.22. The minimum atomic E-state index is -1.10. The van der Waals surface area contributed by atoms with Gasteiger partial charge in [-0.1, -0.05) is 26.0 Å². The van der Waals surface area contributed by atoms with Crippen LogP contribution in [0.2, 0.25) is 0 Å². The van der Waals surface area contributed by atoms with Crippen molar-refractivity contribution in [2.24, 2.45) is 0 Å². The summed E-state index contributed by atoms with van der Waals surface area (Å²) in [6.45, 7) is 3.87. The van der Waals surface area contributed by atoms with Crippen LogP contribution < -0.4 is 10.6 Å². The van der Waals surface area contributed by atoms with Crippen LogP contribution in [-0.4, -0.2) is 36.7 Å². The molecule has 1 unspecified atom stereocenters. The van der Waals surface area contributed by atoms with Crippen LogP contribution in [0.3, 0.4) is 0 Å². The number of fused-ring (bicyclic) bond motifs is 1. The van der Waals surface area contributed by atoms with Gasteiger partial charge in [0.25, 0.3) is 0 Å². The van der Waals surface area contributed by atoms with E-state index in [9.17, 15) is 4.21 Å². The highest BCUT2D eigenvalue weighted by Gasteiger charge is 2.15. The number of aromatic nitrogens is 4. The quantitative estimate of drug-likeness (QED) is 0.665. The molecule has 0 saturated carbocycles. The third-order valence-corrected chi connectivity index (χ3v) is 4.96. The van der Waals surface area contributed by atoms with Gasteiger partial charge in [-0.3, -0.25) is 9.31 Å². The summed E-state index contributed by atoms with van der Waals surface area (Å²) in [6.07, 6.45) is 1.67. The van der Waals surface area contributed by atoms with Crippen molar-refractivity contribution < 1.29 is 4.21 Å². The van der Waals surface area contributed by atoms with Crippen LogP contribution in [0, 0.1) is 0 Å². The number of hydrogen-bond donors (Lipinski definition) is 3. The van der Waals surface area contributed by atoms with Crippen LogP contribution in [0.15, 0.2) is 35.4 Å².